The van der Waals surface area contributed by atoms with Crippen molar-refractivity contribution in [2.75, 3.05) is 32.7 Å². The van der Waals surface area contributed by atoms with Crippen LogP contribution >= 0.6 is 24.0 Å². The first-order chi connectivity index (χ1) is 14.2. The quantitative estimate of drug-likeness (QED) is 0.238. The highest BCUT2D eigenvalue weighted by atomic mass is 127. The van der Waals surface area contributed by atoms with Gasteiger partial charge in [-0.3, -0.25) is 9.79 Å². The first-order valence-corrected chi connectivity index (χ1v) is 10.6. The topological polar surface area (TPSA) is 69.9 Å². The molecule has 1 aromatic carbocycles. The van der Waals surface area contributed by atoms with Crippen LogP contribution in [0.5, 0.6) is 0 Å². The van der Waals surface area contributed by atoms with Gasteiger partial charge in [-0.1, -0.05) is 30.3 Å². The minimum Gasteiger partial charge on any atom is -0.459 e. The normalized spacial score (nSPS) is 16.3. The number of benzene rings is 1. The van der Waals surface area contributed by atoms with Crippen molar-refractivity contribution in [3.05, 3.63) is 59.5 Å². The Kier molecular flexibility index (Phi) is 10.2. The van der Waals surface area contributed by atoms with Crippen LogP contribution in [-0.2, 0) is 6.42 Å². The van der Waals surface area contributed by atoms with Gasteiger partial charge in [0, 0.05) is 38.3 Å². The Morgan fingerprint density at radius 3 is 2.73 bits per heavy atom. The van der Waals surface area contributed by atoms with Crippen LogP contribution in [0.2, 0.25) is 0 Å². The van der Waals surface area contributed by atoms with Gasteiger partial charge in [0.15, 0.2) is 11.7 Å². The molecule has 0 saturated carbocycles. The second-order valence-electron chi connectivity index (χ2n) is 7.57. The third kappa shape index (κ3) is 7.04. The maximum Gasteiger partial charge on any atom is 0.287 e. The van der Waals surface area contributed by atoms with Crippen molar-refractivity contribution in [1.29, 1.82) is 0 Å². The van der Waals surface area contributed by atoms with Crippen molar-refractivity contribution in [2.24, 2.45) is 10.9 Å². The summed E-state index contributed by atoms with van der Waals surface area (Å²) in [4.78, 5) is 19.2. The number of carbonyl (C=O) groups is 1. The van der Waals surface area contributed by atoms with Gasteiger partial charge in [0.25, 0.3) is 5.91 Å². The summed E-state index contributed by atoms with van der Waals surface area (Å²) in [6, 6.07) is 12.5. The molecule has 2 aromatic rings. The number of halogens is 1. The van der Waals surface area contributed by atoms with E-state index in [-0.39, 0.29) is 29.9 Å². The highest BCUT2D eigenvalue weighted by molar-refractivity contribution is 14.0. The van der Waals surface area contributed by atoms with Gasteiger partial charge in [-0.25, -0.2) is 0 Å². The lowest BCUT2D eigenvalue weighted by Crippen LogP contribution is -2.40. The van der Waals surface area contributed by atoms with E-state index < -0.39 is 0 Å². The Balaban J connectivity index is 0.00000320. The van der Waals surface area contributed by atoms with Crippen molar-refractivity contribution >= 4 is 35.8 Å². The van der Waals surface area contributed by atoms with Gasteiger partial charge in [0.2, 0.25) is 0 Å². The summed E-state index contributed by atoms with van der Waals surface area (Å²) in [5.74, 6) is 1.88. The van der Waals surface area contributed by atoms with Crippen LogP contribution in [0, 0.1) is 12.8 Å². The summed E-state index contributed by atoms with van der Waals surface area (Å²) < 4.78 is 5.22. The van der Waals surface area contributed by atoms with Crippen LogP contribution in [0.4, 0.5) is 0 Å². The molecule has 0 bridgehead atoms. The largest absolute Gasteiger partial charge is 0.459 e. The number of hydrogen-bond acceptors (Lipinski definition) is 3. The molecule has 0 aliphatic carbocycles. The number of guanidine groups is 1. The fourth-order valence-corrected chi connectivity index (χ4v) is 3.72. The lowest BCUT2D eigenvalue weighted by molar-refractivity contribution is 0.0925. The SMILES string of the molecule is CCNC(=NCCCNC(=O)c1occc1C)N1CCC(Cc2ccccc2)C1.I. The second kappa shape index (κ2) is 12.6. The molecule has 30 heavy (non-hydrogen) atoms. The molecule has 2 N–H and O–H groups in total. The molecule has 0 radical (unpaired) electrons. The number of nitrogens with zero attached hydrogens (tertiary/aromatic N) is 2. The van der Waals surface area contributed by atoms with Crippen LogP contribution in [0.1, 0.15) is 41.4 Å². The maximum absolute atomic E-state index is 12.1. The zero-order valence-corrected chi connectivity index (χ0v) is 20.2. The van der Waals surface area contributed by atoms with Crippen molar-refractivity contribution < 1.29 is 9.21 Å². The highest BCUT2D eigenvalue weighted by Gasteiger charge is 2.24. The monoisotopic (exact) mass is 524 g/mol. The third-order valence-electron chi connectivity index (χ3n) is 5.24. The Labute approximate surface area is 196 Å². The lowest BCUT2D eigenvalue weighted by Gasteiger charge is -2.21. The summed E-state index contributed by atoms with van der Waals surface area (Å²) >= 11 is 0. The molecule has 2 heterocycles. The molecular weight excluding hydrogens is 491 g/mol. The molecule has 6 nitrogen and oxygen atoms in total. The number of rotatable bonds is 8. The molecule has 1 atom stereocenters. The molecule has 1 amide bonds. The van der Waals surface area contributed by atoms with Crippen molar-refractivity contribution in [1.82, 2.24) is 15.5 Å². The molecule has 0 spiro atoms. The van der Waals surface area contributed by atoms with Crippen molar-refractivity contribution in [2.45, 2.75) is 33.1 Å². The summed E-state index contributed by atoms with van der Waals surface area (Å²) in [5, 5.41) is 6.31. The summed E-state index contributed by atoms with van der Waals surface area (Å²) in [6.07, 6.45) is 4.65. The predicted octanol–water partition coefficient (Wildman–Crippen LogP) is 3.86. The Morgan fingerprint density at radius 2 is 2.03 bits per heavy atom. The maximum atomic E-state index is 12.1. The van der Waals surface area contributed by atoms with Gasteiger partial charge in [-0.05, 0) is 50.7 Å². The van der Waals surface area contributed by atoms with E-state index in [4.69, 9.17) is 9.41 Å². The average Bonchev–Trinajstić information content (AvgIpc) is 3.36. The van der Waals surface area contributed by atoms with Gasteiger partial charge in [0.05, 0.1) is 6.26 Å². The molecule has 7 heteroatoms. The molecule has 1 aliphatic heterocycles. The van der Waals surface area contributed by atoms with Gasteiger partial charge >= 0.3 is 0 Å². The Hall–Kier alpha value is -2.03. The number of carbonyl (C=O) groups excluding carboxylic acids is 1. The van der Waals surface area contributed by atoms with Gasteiger partial charge in [0.1, 0.15) is 0 Å². The number of furan rings is 1. The standard InChI is InChI=1S/C23H32N4O2.HI/c1-3-24-23(26-13-7-12-25-22(28)21-18(2)11-15-29-21)27-14-10-20(17-27)16-19-8-5-4-6-9-19;/h4-6,8-9,11,15,20H,3,7,10,12-14,16-17H2,1-2H3,(H,24,26)(H,25,28);1H. The number of amides is 1. The first kappa shape index (κ1) is 24.2. The minimum atomic E-state index is -0.160. The van der Waals surface area contributed by atoms with Crippen LogP contribution in [0.3, 0.4) is 0 Å². The molecule has 164 valence electrons. The average molecular weight is 524 g/mol. The van der Waals surface area contributed by atoms with E-state index in [0.29, 0.717) is 24.8 Å². The van der Waals surface area contributed by atoms with Crippen LogP contribution in [-0.4, -0.2) is 49.5 Å². The second-order valence-corrected chi connectivity index (χ2v) is 7.57. The number of hydrogen-bond donors (Lipinski definition) is 2. The molecular formula is C23H33IN4O2. The van der Waals surface area contributed by atoms with E-state index in [0.717, 1.165) is 44.0 Å². The molecule has 1 unspecified atom stereocenters. The summed E-state index contributed by atoms with van der Waals surface area (Å²) in [5.41, 5.74) is 2.26. The summed E-state index contributed by atoms with van der Waals surface area (Å²) in [7, 11) is 0. The number of likely N-dealkylation sites (tertiary alicyclic amines) is 1. The fraction of sp³-hybridized carbons (Fsp3) is 0.478. The third-order valence-corrected chi connectivity index (χ3v) is 5.24. The first-order valence-electron chi connectivity index (χ1n) is 10.6. The Morgan fingerprint density at radius 1 is 1.23 bits per heavy atom. The number of nitrogens with one attached hydrogen (secondary N) is 2. The molecule has 1 aromatic heterocycles. The zero-order chi connectivity index (χ0) is 20.5. The van der Waals surface area contributed by atoms with Gasteiger partial charge in [-0.15, -0.1) is 24.0 Å². The van der Waals surface area contributed by atoms with Gasteiger partial charge < -0.3 is 20.0 Å². The fourth-order valence-electron chi connectivity index (χ4n) is 3.72. The van der Waals surface area contributed by atoms with E-state index in [1.165, 1.54) is 12.0 Å². The molecule has 1 aliphatic rings. The van der Waals surface area contributed by atoms with E-state index in [2.05, 4.69) is 52.8 Å². The minimum absolute atomic E-state index is 0. The number of aryl methyl sites for hydroxylation is 1. The van der Waals surface area contributed by atoms with Gasteiger partial charge in [-0.2, -0.15) is 0 Å². The van der Waals surface area contributed by atoms with E-state index >= 15 is 0 Å². The van der Waals surface area contributed by atoms with E-state index in [9.17, 15) is 4.79 Å². The lowest BCUT2D eigenvalue weighted by atomic mass is 9.99. The van der Waals surface area contributed by atoms with Crippen LogP contribution in [0.25, 0.3) is 0 Å². The molecule has 1 fully saturated rings. The zero-order valence-electron chi connectivity index (χ0n) is 17.9. The van der Waals surface area contributed by atoms with Crippen molar-refractivity contribution in [3.63, 3.8) is 0 Å². The summed E-state index contributed by atoms with van der Waals surface area (Å²) in [6.45, 7) is 8.16. The Bertz CT molecular complexity index is 807. The highest BCUT2D eigenvalue weighted by Crippen LogP contribution is 2.21. The van der Waals surface area contributed by atoms with Crippen molar-refractivity contribution in [3.8, 4) is 0 Å². The molecule has 3 rings (SSSR count). The van der Waals surface area contributed by atoms with Crippen LogP contribution in [0.15, 0.2) is 52.1 Å². The number of aliphatic imine (C=N–C) groups is 1. The van der Waals surface area contributed by atoms with E-state index in [1.54, 1.807) is 12.3 Å². The van der Waals surface area contributed by atoms with E-state index in [1.807, 2.05) is 6.92 Å². The smallest absolute Gasteiger partial charge is 0.287 e. The van der Waals surface area contributed by atoms with Crippen LogP contribution < -0.4 is 10.6 Å². The predicted molar refractivity (Wildman–Crippen MR) is 132 cm³/mol. The molecule has 1 saturated heterocycles.